The third kappa shape index (κ3) is 3.08. The quantitative estimate of drug-likeness (QED) is 0.465. The molecule has 1 aromatic carbocycles. The number of anilines is 1. The van der Waals surface area contributed by atoms with Crippen molar-refractivity contribution in [3.8, 4) is 0 Å². The summed E-state index contributed by atoms with van der Waals surface area (Å²) >= 11 is 8.48. The zero-order chi connectivity index (χ0) is 21.2. The van der Waals surface area contributed by atoms with Crippen LogP contribution in [0.5, 0.6) is 0 Å². The van der Waals surface area contributed by atoms with Crippen LogP contribution in [0.3, 0.4) is 0 Å². The number of hydrazine groups is 1. The number of pyridine rings is 1. The van der Waals surface area contributed by atoms with Gasteiger partial charge >= 0.3 is 0 Å². The number of likely N-dealkylation sites (N-methyl/N-ethyl adjacent to an activating group) is 1. The van der Waals surface area contributed by atoms with E-state index in [1.807, 2.05) is 24.3 Å². The van der Waals surface area contributed by atoms with Crippen LogP contribution in [0.15, 0.2) is 50.6 Å². The minimum absolute atomic E-state index is 0.0271. The van der Waals surface area contributed by atoms with Crippen molar-refractivity contribution in [1.82, 2.24) is 20.3 Å². The number of nitrogens with one attached hydrogen (secondary N) is 2. The number of H-pyrrole nitrogens is 1. The second-order valence-electron chi connectivity index (χ2n) is 8.09. The summed E-state index contributed by atoms with van der Waals surface area (Å²) in [5.41, 5.74) is 6.58. The van der Waals surface area contributed by atoms with Crippen molar-refractivity contribution in [3.05, 3.63) is 72.3 Å². The molecule has 5 rings (SSSR count). The third-order valence-electron chi connectivity index (χ3n) is 6.01. The van der Waals surface area contributed by atoms with Crippen LogP contribution in [0.4, 0.5) is 5.69 Å². The van der Waals surface area contributed by atoms with Crippen LogP contribution >= 0.6 is 34.2 Å². The lowest BCUT2D eigenvalue weighted by molar-refractivity contribution is -0.119. The standard InChI is InChI=1S/C21H21ClIN5O2/c1-11-7-14(8-24-20(11)29)27-18(12-3-5-13(22)6-4-12)16-17(21(27)30)25-28(19(16)23)15-9-26(2)10-15/h3-8,15,17-18,25H,9-10H2,1-2H3,(H,24,29). The maximum absolute atomic E-state index is 13.6. The minimum atomic E-state index is -0.421. The Hall–Kier alpha value is -1.88. The maximum atomic E-state index is 13.6. The molecule has 1 amide bonds. The van der Waals surface area contributed by atoms with Crippen molar-refractivity contribution in [2.24, 2.45) is 0 Å². The summed E-state index contributed by atoms with van der Waals surface area (Å²) < 4.78 is 1.06. The smallest absolute Gasteiger partial charge is 0.251 e. The van der Waals surface area contributed by atoms with Crippen LogP contribution in [0.1, 0.15) is 17.2 Å². The topological polar surface area (TPSA) is 71.7 Å². The number of aryl methyl sites for hydroxylation is 1. The highest BCUT2D eigenvalue weighted by Crippen LogP contribution is 2.47. The van der Waals surface area contributed by atoms with E-state index in [0.717, 1.165) is 27.9 Å². The number of carbonyl (C=O) groups excluding carboxylic acids is 1. The number of fused-ring (bicyclic) bond motifs is 1. The van der Waals surface area contributed by atoms with Gasteiger partial charge in [-0.2, -0.15) is 0 Å². The SMILES string of the molecule is Cc1cc(N2C(=O)C3NN(C4CN(C)C4)C(I)=C3C2c2ccc(Cl)cc2)c[nH]c1=O. The van der Waals surface area contributed by atoms with Gasteiger partial charge in [-0.05, 0) is 60.3 Å². The minimum Gasteiger partial charge on any atom is -0.327 e. The van der Waals surface area contributed by atoms with Crippen molar-refractivity contribution < 1.29 is 4.79 Å². The lowest BCUT2D eigenvalue weighted by Gasteiger charge is -2.43. The number of rotatable bonds is 3. The summed E-state index contributed by atoms with van der Waals surface area (Å²) in [6.45, 7) is 3.67. The number of benzene rings is 1. The van der Waals surface area contributed by atoms with E-state index in [0.29, 0.717) is 22.3 Å². The summed E-state index contributed by atoms with van der Waals surface area (Å²) in [5, 5.41) is 2.80. The van der Waals surface area contributed by atoms with E-state index in [1.54, 1.807) is 24.1 Å². The highest BCUT2D eigenvalue weighted by molar-refractivity contribution is 14.1. The first-order valence-corrected chi connectivity index (χ1v) is 11.2. The molecule has 3 aliphatic rings. The molecule has 2 aromatic rings. The van der Waals surface area contributed by atoms with Gasteiger partial charge in [-0.3, -0.25) is 19.5 Å². The molecule has 2 unspecified atom stereocenters. The van der Waals surface area contributed by atoms with Crippen LogP contribution in [0.2, 0.25) is 5.02 Å². The summed E-state index contributed by atoms with van der Waals surface area (Å²) in [7, 11) is 2.09. The molecule has 0 radical (unpaired) electrons. The fraction of sp³-hybridized carbons (Fsp3) is 0.333. The fourth-order valence-electron chi connectivity index (χ4n) is 4.45. The molecule has 2 saturated heterocycles. The predicted molar refractivity (Wildman–Crippen MR) is 125 cm³/mol. The Balaban J connectivity index is 1.62. The predicted octanol–water partition coefficient (Wildman–Crippen LogP) is 2.57. The van der Waals surface area contributed by atoms with Crippen LogP contribution in [-0.2, 0) is 4.79 Å². The number of likely N-dealkylation sites (tertiary alicyclic amines) is 1. The van der Waals surface area contributed by atoms with Crippen LogP contribution < -0.4 is 15.9 Å². The van der Waals surface area contributed by atoms with Gasteiger partial charge < -0.3 is 9.88 Å². The Bertz CT molecular complexity index is 1110. The van der Waals surface area contributed by atoms with Crippen molar-refractivity contribution in [1.29, 1.82) is 0 Å². The Morgan fingerprint density at radius 3 is 2.50 bits per heavy atom. The van der Waals surface area contributed by atoms with E-state index in [9.17, 15) is 9.59 Å². The molecule has 0 aliphatic carbocycles. The van der Waals surface area contributed by atoms with Gasteiger partial charge in [0, 0.05) is 35.4 Å². The molecular weight excluding hydrogens is 517 g/mol. The molecule has 156 valence electrons. The normalized spacial score (nSPS) is 24.6. The first-order valence-electron chi connectivity index (χ1n) is 9.76. The molecule has 0 spiro atoms. The Labute approximate surface area is 192 Å². The Kier molecular flexibility index (Phi) is 4.92. The maximum Gasteiger partial charge on any atom is 0.251 e. The van der Waals surface area contributed by atoms with Gasteiger partial charge in [0.25, 0.3) is 11.5 Å². The first-order chi connectivity index (χ1) is 14.3. The second kappa shape index (κ2) is 7.37. The van der Waals surface area contributed by atoms with E-state index in [4.69, 9.17) is 11.6 Å². The van der Waals surface area contributed by atoms with Gasteiger partial charge in [-0.15, -0.1) is 0 Å². The summed E-state index contributed by atoms with van der Waals surface area (Å²) in [6.07, 6.45) is 1.61. The third-order valence-corrected chi connectivity index (χ3v) is 7.41. The van der Waals surface area contributed by atoms with Gasteiger partial charge in [-0.1, -0.05) is 23.7 Å². The number of nitrogens with zero attached hydrogens (tertiary/aromatic N) is 3. The fourth-order valence-corrected chi connectivity index (χ4v) is 5.72. The van der Waals surface area contributed by atoms with Crippen LogP contribution in [0.25, 0.3) is 0 Å². The zero-order valence-corrected chi connectivity index (χ0v) is 19.4. The van der Waals surface area contributed by atoms with E-state index >= 15 is 0 Å². The molecular formula is C21H21ClIN5O2. The van der Waals surface area contributed by atoms with Crippen molar-refractivity contribution in [2.45, 2.75) is 25.0 Å². The van der Waals surface area contributed by atoms with Crippen LogP contribution in [0, 0.1) is 6.92 Å². The molecule has 0 saturated carbocycles. The monoisotopic (exact) mass is 537 g/mol. The van der Waals surface area contributed by atoms with Crippen LogP contribution in [-0.4, -0.2) is 53.0 Å². The average Bonchev–Trinajstić information content (AvgIpc) is 3.17. The lowest BCUT2D eigenvalue weighted by atomic mass is 9.98. The second-order valence-corrected chi connectivity index (χ2v) is 9.54. The number of hydrogen-bond acceptors (Lipinski definition) is 5. The summed E-state index contributed by atoms with van der Waals surface area (Å²) in [6, 6.07) is 9.05. The molecule has 4 heterocycles. The average molecular weight is 538 g/mol. The molecule has 7 nitrogen and oxygen atoms in total. The van der Waals surface area contributed by atoms with Gasteiger partial charge in [0.15, 0.2) is 0 Å². The van der Waals surface area contributed by atoms with E-state index in [1.165, 1.54) is 0 Å². The molecule has 0 bridgehead atoms. The molecule has 2 N–H and O–H groups in total. The number of aromatic amines is 1. The molecule has 30 heavy (non-hydrogen) atoms. The van der Waals surface area contributed by atoms with Crippen molar-refractivity contribution >= 4 is 45.8 Å². The molecule has 2 atom stereocenters. The number of amides is 1. The van der Waals surface area contributed by atoms with Gasteiger partial charge in [-0.25, -0.2) is 5.43 Å². The van der Waals surface area contributed by atoms with Gasteiger partial charge in [0.05, 0.1) is 21.5 Å². The van der Waals surface area contributed by atoms with Gasteiger partial charge in [0.1, 0.15) is 6.04 Å². The molecule has 2 fully saturated rings. The first kappa shape index (κ1) is 20.0. The highest BCUT2D eigenvalue weighted by atomic mass is 127. The Morgan fingerprint density at radius 2 is 1.87 bits per heavy atom. The molecule has 1 aromatic heterocycles. The van der Waals surface area contributed by atoms with E-state index in [-0.39, 0.29) is 17.5 Å². The number of hydrogen-bond donors (Lipinski definition) is 2. The largest absolute Gasteiger partial charge is 0.327 e. The zero-order valence-electron chi connectivity index (χ0n) is 16.5. The number of aromatic nitrogens is 1. The molecule has 9 heteroatoms. The highest BCUT2D eigenvalue weighted by Gasteiger charge is 2.53. The molecule has 3 aliphatic heterocycles. The van der Waals surface area contributed by atoms with Crippen molar-refractivity contribution in [3.63, 3.8) is 0 Å². The summed E-state index contributed by atoms with van der Waals surface area (Å²) in [4.78, 5) is 32.3. The number of halogens is 2. The van der Waals surface area contributed by atoms with Crippen molar-refractivity contribution in [2.75, 3.05) is 25.0 Å². The van der Waals surface area contributed by atoms with E-state index < -0.39 is 6.04 Å². The lowest BCUT2D eigenvalue weighted by Crippen LogP contribution is -2.60. The number of carbonyl (C=O) groups is 1. The Morgan fingerprint density at radius 1 is 1.17 bits per heavy atom. The van der Waals surface area contributed by atoms with Gasteiger partial charge in [0.2, 0.25) is 0 Å². The van der Waals surface area contributed by atoms with E-state index in [2.05, 4.69) is 50.0 Å². The summed E-state index contributed by atoms with van der Waals surface area (Å²) in [5.74, 6) is -0.0271.